The van der Waals surface area contributed by atoms with Crippen LogP contribution in [0.1, 0.15) is 29.1 Å². The highest BCUT2D eigenvalue weighted by Gasteiger charge is 2.11. The number of aryl methyl sites for hydroxylation is 2. The van der Waals surface area contributed by atoms with Gasteiger partial charge in [-0.05, 0) is 20.3 Å². The lowest BCUT2D eigenvalue weighted by Gasteiger charge is -2.03. The Labute approximate surface area is 144 Å². The fraction of sp³-hybridized carbons (Fsp3) is 0.278. The quantitative estimate of drug-likeness (QED) is 0.743. The number of aromatic nitrogens is 2. The minimum Gasteiger partial charge on any atom is -0.361 e. The van der Waals surface area contributed by atoms with Crippen LogP contribution in [0.3, 0.4) is 0 Å². The highest BCUT2D eigenvalue weighted by atomic mass is 32.1. The summed E-state index contributed by atoms with van der Waals surface area (Å²) in [6.07, 6.45) is 1.05. The topological polar surface area (TPSA) is 68.0 Å². The molecule has 24 heavy (non-hydrogen) atoms. The maximum Gasteiger partial charge on any atom is 0.220 e. The highest BCUT2D eigenvalue weighted by Crippen LogP contribution is 2.23. The van der Waals surface area contributed by atoms with E-state index in [1.165, 1.54) is 0 Å². The Hall–Kier alpha value is -2.47. The lowest BCUT2D eigenvalue weighted by molar-refractivity contribution is -0.121. The zero-order chi connectivity index (χ0) is 16.9. The van der Waals surface area contributed by atoms with E-state index in [0.717, 1.165) is 33.3 Å². The fourth-order valence-electron chi connectivity index (χ4n) is 2.48. The van der Waals surface area contributed by atoms with Crippen LogP contribution in [0.5, 0.6) is 0 Å². The summed E-state index contributed by atoms with van der Waals surface area (Å²) in [7, 11) is 0. The summed E-state index contributed by atoms with van der Waals surface area (Å²) in [6.45, 7) is 4.21. The number of carbonyl (C=O) groups excluding carboxylic acids is 1. The molecule has 0 saturated carbocycles. The first-order valence-corrected chi connectivity index (χ1v) is 8.69. The summed E-state index contributed by atoms with van der Waals surface area (Å²) < 4.78 is 5.11. The van der Waals surface area contributed by atoms with Crippen LogP contribution in [0.25, 0.3) is 10.6 Å². The van der Waals surface area contributed by atoms with Crippen LogP contribution in [0.2, 0.25) is 0 Å². The Balaban J connectivity index is 1.51. The number of nitrogens with one attached hydrogen (secondary N) is 1. The zero-order valence-corrected chi connectivity index (χ0v) is 14.5. The van der Waals surface area contributed by atoms with E-state index in [4.69, 9.17) is 4.52 Å². The van der Waals surface area contributed by atoms with Gasteiger partial charge in [-0.2, -0.15) is 0 Å². The summed E-state index contributed by atoms with van der Waals surface area (Å²) in [6, 6.07) is 10.0. The van der Waals surface area contributed by atoms with Gasteiger partial charge in [-0.25, -0.2) is 4.98 Å². The van der Waals surface area contributed by atoms with E-state index in [-0.39, 0.29) is 5.91 Å². The van der Waals surface area contributed by atoms with E-state index in [0.29, 0.717) is 19.4 Å². The van der Waals surface area contributed by atoms with Gasteiger partial charge < -0.3 is 9.84 Å². The SMILES string of the molecule is Cc1noc(C)c1CCC(=O)NCc1csc(-c2ccccc2)n1. The summed E-state index contributed by atoms with van der Waals surface area (Å²) in [5.41, 5.74) is 3.85. The van der Waals surface area contributed by atoms with Crippen molar-refractivity contribution in [1.29, 1.82) is 0 Å². The Morgan fingerprint density at radius 1 is 1.25 bits per heavy atom. The maximum atomic E-state index is 12.0. The third-order valence-electron chi connectivity index (χ3n) is 3.82. The molecular weight excluding hydrogens is 322 g/mol. The van der Waals surface area contributed by atoms with Gasteiger partial charge in [-0.15, -0.1) is 11.3 Å². The molecule has 0 aliphatic heterocycles. The largest absolute Gasteiger partial charge is 0.361 e. The zero-order valence-electron chi connectivity index (χ0n) is 13.7. The summed E-state index contributed by atoms with van der Waals surface area (Å²) in [5, 5.41) is 9.77. The fourth-order valence-corrected chi connectivity index (χ4v) is 3.30. The Kier molecular flexibility index (Phi) is 5.05. The molecule has 0 aliphatic rings. The number of nitrogens with zero attached hydrogens (tertiary/aromatic N) is 2. The van der Waals surface area contributed by atoms with Crippen LogP contribution in [0, 0.1) is 13.8 Å². The molecule has 1 amide bonds. The number of benzene rings is 1. The predicted molar refractivity (Wildman–Crippen MR) is 93.7 cm³/mol. The molecule has 0 unspecified atom stereocenters. The van der Waals surface area contributed by atoms with Crippen molar-refractivity contribution in [3.63, 3.8) is 0 Å². The average molecular weight is 341 g/mol. The summed E-state index contributed by atoms with van der Waals surface area (Å²) in [5.74, 6) is 0.788. The summed E-state index contributed by atoms with van der Waals surface area (Å²) >= 11 is 1.59. The van der Waals surface area contributed by atoms with Gasteiger partial charge in [-0.3, -0.25) is 4.79 Å². The third kappa shape index (κ3) is 3.89. The van der Waals surface area contributed by atoms with Crippen LogP contribution in [0.4, 0.5) is 0 Å². The van der Waals surface area contributed by atoms with Gasteiger partial charge in [0.1, 0.15) is 10.8 Å². The van der Waals surface area contributed by atoms with Crippen molar-refractivity contribution in [3.05, 3.63) is 58.4 Å². The molecule has 1 aromatic carbocycles. The molecule has 6 heteroatoms. The molecule has 3 rings (SSSR count). The predicted octanol–water partition coefficient (Wildman–Crippen LogP) is 3.66. The first-order valence-electron chi connectivity index (χ1n) is 7.82. The number of amides is 1. The van der Waals surface area contributed by atoms with E-state index in [1.54, 1.807) is 11.3 Å². The van der Waals surface area contributed by atoms with Crippen LogP contribution in [-0.4, -0.2) is 16.0 Å². The highest BCUT2D eigenvalue weighted by molar-refractivity contribution is 7.13. The minimum absolute atomic E-state index is 0.00395. The van der Waals surface area contributed by atoms with Gasteiger partial charge in [0.15, 0.2) is 0 Å². The van der Waals surface area contributed by atoms with E-state index in [9.17, 15) is 4.79 Å². The number of hydrogen-bond donors (Lipinski definition) is 1. The second kappa shape index (κ2) is 7.40. The van der Waals surface area contributed by atoms with Crippen molar-refractivity contribution in [1.82, 2.24) is 15.5 Å². The number of carbonyl (C=O) groups is 1. The molecule has 0 bridgehead atoms. The molecule has 0 saturated heterocycles. The van der Waals surface area contributed by atoms with Crippen molar-refractivity contribution in [3.8, 4) is 10.6 Å². The number of thiazole rings is 1. The second-order valence-corrected chi connectivity index (χ2v) is 6.45. The number of rotatable bonds is 6. The van der Waals surface area contributed by atoms with Crippen LogP contribution >= 0.6 is 11.3 Å². The summed E-state index contributed by atoms with van der Waals surface area (Å²) in [4.78, 5) is 16.6. The van der Waals surface area contributed by atoms with Crippen LogP contribution < -0.4 is 5.32 Å². The molecule has 2 aromatic heterocycles. The van der Waals surface area contributed by atoms with Crippen molar-refractivity contribution < 1.29 is 9.32 Å². The molecular formula is C18H19N3O2S. The smallest absolute Gasteiger partial charge is 0.220 e. The molecule has 3 aromatic rings. The lowest BCUT2D eigenvalue weighted by Crippen LogP contribution is -2.23. The monoisotopic (exact) mass is 341 g/mol. The van der Waals surface area contributed by atoms with Gasteiger partial charge >= 0.3 is 0 Å². The molecule has 2 heterocycles. The standard InChI is InChI=1S/C18H19N3O2S/c1-12-16(13(2)23-21-12)8-9-17(22)19-10-15-11-24-18(20-15)14-6-4-3-5-7-14/h3-7,11H,8-10H2,1-2H3,(H,19,22). The molecule has 0 fully saturated rings. The molecule has 0 atom stereocenters. The Morgan fingerprint density at radius 3 is 2.75 bits per heavy atom. The molecule has 0 spiro atoms. The van der Waals surface area contributed by atoms with Crippen molar-refractivity contribution in [2.75, 3.05) is 0 Å². The van der Waals surface area contributed by atoms with E-state index in [2.05, 4.69) is 15.5 Å². The van der Waals surface area contributed by atoms with E-state index >= 15 is 0 Å². The number of hydrogen-bond acceptors (Lipinski definition) is 5. The van der Waals surface area contributed by atoms with Crippen molar-refractivity contribution in [2.24, 2.45) is 0 Å². The minimum atomic E-state index is 0.00395. The Morgan fingerprint density at radius 2 is 2.04 bits per heavy atom. The van der Waals surface area contributed by atoms with Crippen molar-refractivity contribution in [2.45, 2.75) is 33.2 Å². The van der Waals surface area contributed by atoms with Gasteiger partial charge in [0, 0.05) is 22.9 Å². The molecule has 1 N–H and O–H groups in total. The second-order valence-electron chi connectivity index (χ2n) is 5.59. The first kappa shape index (κ1) is 16.4. The molecule has 0 aliphatic carbocycles. The van der Waals surface area contributed by atoms with Crippen LogP contribution in [0.15, 0.2) is 40.2 Å². The van der Waals surface area contributed by atoms with Crippen molar-refractivity contribution >= 4 is 17.2 Å². The van der Waals surface area contributed by atoms with Gasteiger partial charge in [0.2, 0.25) is 5.91 Å². The van der Waals surface area contributed by atoms with Gasteiger partial charge in [0.25, 0.3) is 0 Å². The Bertz CT molecular complexity index is 804. The van der Waals surface area contributed by atoms with E-state index in [1.807, 2.05) is 49.6 Å². The lowest BCUT2D eigenvalue weighted by atomic mass is 10.1. The van der Waals surface area contributed by atoms with Gasteiger partial charge in [-0.1, -0.05) is 35.5 Å². The molecule has 0 radical (unpaired) electrons. The van der Waals surface area contributed by atoms with Crippen LogP contribution in [-0.2, 0) is 17.8 Å². The molecule has 5 nitrogen and oxygen atoms in total. The first-order chi connectivity index (χ1) is 11.6. The maximum absolute atomic E-state index is 12.0. The van der Waals surface area contributed by atoms with E-state index < -0.39 is 0 Å². The third-order valence-corrected chi connectivity index (χ3v) is 4.76. The molecule has 124 valence electrons. The average Bonchev–Trinajstić information content (AvgIpc) is 3.19. The van der Waals surface area contributed by atoms with Gasteiger partial charge in [0.05, 0.1) is 17.9 Å². The normalized spacial score (nSPS) is 10.8.